The van der Waals surface area contributed by atoms with E-state index in [4.69, 9.17) is 17.0 Å². The molecule has 0 fully saturated rings. The van der Waals surface area contributed by atoms with Gasteiger partial charge in [0, 0.05) is 13.2 Å². The molecule has 0 aliphatic rings. The highest BCUT2D eigenvalue weighted by molar-refractivity contribution is 7.73. The number of H-pyrrole nitrogens is 1. The summed E-state index contributed by atoms with van der Waals surface area (Å²) < 4.78 is 7.21. The quantitative estimate of drug-likeness (QED) is 0.662. The van der Waals surface area contributed by atoms with E-state index >= 15 is 0 Å². The minimum atomic E-state index is -0.399. The zero-order valence-electron chi connectivity index (χ0n) is 8.81. The zero-order valence-corrected chi connectivity index (χ0v) is 10.4. The molecule has 0 bridgehead atoms. The number of methoxy groups -OCH3 is 1. The first kappa shape index (κ1) is 11.1. The van der Waals surface area contributed by atoms with E-state index in [2.05, 4.69) is 4.98 Å². The van der Waals surface area contributed by atoms with Gasteiger partial charge in [-0.25, -0.2) is 4.79 Å². The molecule has 0 aliphatic heterocycles. The number of nitrogens with zero attached hydrogens (tertiary/aromatic N) is 1. The minimum Gasteiger partial charge on any atom is -0.464 e. The lowest BCUT2D eigenvalue weighted by molar-refractivity contribution is 0.0595. The third kappa shape index (κ3) is 1.81. The third-order valence-electron chi connectivity index (χ3n) is 2.21. The van der Waals surface area contributed by atoms with Crippen molar-refractivity contribution < 1.29 is 9.53 Å². The second-order valence-electron chi connectivity index (χ2n) is 3.21. The molecule has 4 nitrogen and oxygen atoms in total. The number of hydrogen-bond donors (Lipinski definition) is 1. The molecule has 0 unspecified atom stereocenters. The highest BCUT2D eigenvalue weighted by Crippen LogP contribution is 2.29. The Hall–Kier alpha value is -1.40. The van der Waals surface area contributed by atoms with Gasteiger partial charge in [0.15, 0.2) is 3.95 Å². The Morgan fingerprint density at radius 1 is 1.62 bits per heavy atom. The molecular weight excluding hydrogens is 244 g/mol. The number of carbonyl (C=O) groups is 1. The van der Waals surface area contributed by atoms with Crippen LogP contribution in [0.2, 0.25) is 0 Å². The van der Waals surface area contributed by atoms with E-state index in [1.54, 1.807) is 0 Å². The topological polar surface area (TPSA) is 47.0 Å². The first-order valence-corrected chi connectivity index (χ1v) is 5.79. The molecule has 0 aliphatic carbocycles. The van der Waals surface area contributed by atoms with E-state index in [0.717, 1.165) is 10.6 Å². The van der Waals surface area contributed by atoms with Gasteiger partial charge in [-0.15, -0.1) is 11.3 Å². The average molecular weight is 254 g/mol. The molecule has 1 N–H and O–H groups in total. The molecule has 0 aromatic carbocycles. The number of aryl methyl sites for hydroxylation is 1. The van der Waals surface area contributed by atoms with Gasteiger partial charge in [0.1, 0.15) is 5.69 Å². The second kappa shape index (κ2) is 4.23. The number of carbonyl (C=O) groups excluding carboxylic acids is 1. The molecule has 0 amide bonds. The number of hydrogen-bond acceptors (Lipinski definition) is 4. The van der Waals surface area contributed by atoms with E-state index < -0.39 is 5.97 Å². The van der Waals surface area contributed by atoms with Crippen LogP contribution < -0.4 is 0 Å². The molecule has 6 heteroatoms. The summed E-state index contributed by atoms with van der Waals surface area (Å²) in [6.45, 7) is 0. The van der Waals surface area contributed by atoms with Crippen molar-refractivity contribution in [1.29, 1.82) is 0 Å². The molecule has 0 spiro atoms. The van der Waals surface area contributed by atoms with Crippen LogP contribution in [0.3, 0.4) is 0 Å². The third-order valence-corrected chi connectivity index (χ3v) is 3.47. The summed E-state index contributed by atoms with van der Waals surface area (Å²) in [4.78, 5) is 15.2. The smallest absolute Gasteiger partial charge is 0.356 e. The average Bonchev–Trinajstić information content (AvgIpc) is 2.83. The molecule has 2 aromatic heterocycles. The van der Waals surface area contributed by atoms with Crippen LogP contribution in [0.5, 0.6) is 0 Å². The van der Waals surface area contributed by atoms with Crippen LogP contribution in [0.4, 0.5) is 0 Å². The lowest BCUT2D eigenvalue weighted by Gasteiger charge is -2.02. The predicted molar refractivity (Wildman–Crippen MR) is 65.3 cm³/mol. The van der Waals surface area contributed by atoms with Gasteiger partial charge in [0.25, 0.3) is 0 Å². The van der Waals surface area contributed by atoms with Gasteiger partial charge in [-0.2, -0.15) is 0 Å². The lowest BCUT2D eigenvalue weighted by Crippen LogP contribution is -2.04. The molecule has 2 aromatic rings. The van der Waals surface area contributed by atoms with Crippen molar-refractivity contribution in [3.63, 3.8) is 0 Å². The van der Waals surface area contributed by atoms with Crippen LogP contribution >= 0.6 is 23.6 Å². The highest BCUT2D eigenvalue weighted by atomic mass is 32.1. The first-order valence-electron chi connectivity index (χ1n) is 4.56. The van der Waals surface area contributed by atoms with Crippen LogP contribution in [-0.4, -0.2) is 22.6 Å². The van der Waals surface area contributed by atoms with Gasteiger partial charge >= 0.3 is 5.97 Å². The number of nitrogens with one attached hydrogen (secondary N) is 1. The normalized spacial score (nSPS) is 10.4. The van der Waals surface area contributed by atoms with Gasteiger partial charge in [0.2, 0.25) is 0 Å². The van der Waals surface area contributed by atoms with E-state index in [9.17, 15) is 4.79 Å². The number of thiazole rings is 1. The fourth-order valence-corrected chi connectivity index (χ4v) is 2.69. The van der Waals surface area contributed by atoms with E-state index in [-0.39, 0.29) is 0 Å². The maximum atomic E-state index is 11.6. The van der Waals surface area contributed by atoms with Crippen LogP contribution in [-0.2, 0) is 11.8 Å². The number of aromatic nitrogens is 2. The molecule has 0 radical (unpaired) electrons. The van der Waals surface area contributed by atoms with E-state index in [1.807, 2.05) is 29.9 Å². The van der Waals surface area contributed by atoms with Crippen molar-refractivity contribution in [2.45, 2.75) is 0 Å². The molecular formula is C10H10N2O2S2. The fourth-order valence-electron chi connectivity index (χ4n) is 1.45. The SMILES string of the molecule is COC(=O)c1[nH]c(=S)sc1-c1cccn1C. The maximum absolute atomic E-state index is 11.6. The summed E-state index contributed by atoms with van der Waals surface area (Å²) in [5.74, 6) is -0.399. The standard InChI is InChI=1S/C10H10N2O2S2/c1-12-5-3-4-6(12)8-7(9(13)14-2)11-10(15)16-8/h3-5H,1-2H3,(H,11,15). The van der Waals surface area contributed by atoms with Crippen molar-refractivity contribution in [3.05, 3.63) is 28.0 Å². The lowest BCUT2D eigenvalue weighted by atomic mass is 10.3. The summed E-state index contributed by atoms with van der Waals surface area (Å²) in [7, 11) is 3.27. The van der Waals surface area contributed by atoms with Crippen molar-refractivity contribution in [1.82, 2.24) is 9.55 Å². The molecule has 16 heavy (non-hydrogen) atoms. The van der Waals surface area contributed by atoms with Crippen LogP contribution in [0, 0.1) is 3.95 Å². The van der Waals surface area contributed by atoms with Gasteiger partial charge in [0.05, 0.1) is 17.7 Å². The van der Waals surface area contributed by atoms with E-state index in [0.29, 0.717) is 9.65 Å². The number of esters is 1. The Kier molecular flexibility index (Phi) is 2.93. The number of aromatic amines is 1. The summed E-state index contributed by atoms with van der Waals surface area (Å²) in [6.07, 6.45) is 1.92. The van der Waals surface area contributed by atoms with Crippen molar-refractivity contribution >= 4 is 29.5 Å². The number of rotatable bonds is 2. The minimum absolute atomic E-state index is 0.399. The maximum Gasteiger partial charge on any atom is 0.356 e. The summed E-state index contributed by atoms with van der Waals surface area (Å²) in [5, 5.41) is 0. The summed E-state index contributed by atoms with van der Waals surface area (Å²) in [5.41, 5.74) is 1.36. The molecule has 0 saturated carbocycles. The zero-order chi connectivity index (χ0) is 11.7. The van der Waals surface area contributed by atoms with Crippen molar-refractivity contribution in [3.8, 4) is 10.6 Å². The summed E-state index contributed by atoms with van der Waals surface area (Å²) >= 11 is 6.42. The fraction of sp³-hybridized carbons (Fsp3) is 0.200. The summed E-state index contributed by atoms with van der Waals surface area (Å²) in [6, 6.07) is 3.85. The van der Waals surface area contributed by atoms with Gasteiger partial charge < -0.3 is 14.3 Å². The molecule has 0 saturated heterocycles. The predicted octanol–water partition coefficient (Wildman–Crippen LogP) is 2.60. The highest BCUT2D eigenvalue weighted by Gasteiger charge is 2.18. The van der Waals surface area contributed by atoms with Crippen LogP contribution in [0.15, 0.2) is 18.3 Å². The van der Waals surface area contributed by atoms with Gasteiger partial charge in [-0.05, 0) is 24.4 Å². The molecule has 2 heterocycles. The molecule has 84 valence electrons. The molecule has 0 atom stereocenters. The Labute approximate surface area is 101 Å². The largest absolute Gasteiger partial charge is 0.464 e. The van der Waals surface area contributed by atoms with Crippen molar-refractivity contribution in [2.75, 3.05) is 7.11 Å². The van der Waals surface area contributed by atoms with Crippen molar-refractivity contribution in [2.24, 2.45) is 7.05 Å². The van der Waals surface area contributed by atoms with Gasteiger partial charge in [-0.3, -0.25) is 0 Å². The second-order valence-corrected chi connectivity index (χ2v) is 4.90. The Morgan fingerprint density at radius 2 is 2.38 bits per heavy atom. The molecule has 2 rings (SSSR count). The van der Waals surface area contributed by atoms with Crippen LogP contribution in [0.1, 0.15) is 10.5 Å². The van der Waals surface area contributed by atoms with Crippen LogP contribution in [0.25, 0.3) is 10.6 Å². The first-order chi connectivity index (χ1) is 7.63. The Balaban J connectivity index is 2.61. The van der Waals surface area contributed by atoms with E-state index in [1.165, 1.54) is 18.4 Å². The Morgan fingerprint density at radius 3 is 2.94 bits per heavy atom. The monoisotopic (exact) mass is 254 g/mol. The number of ether oxygens (including phenoxy) is 1. The Bertz CT molecular complexity index is 580. The van der Waals surface area contributed by atoms with Gasteiger partial charge in [-0.1, -0.05) is 0 Å².